The maximum Gasteiger partial charge on any atom is 0.472 e. The number of carbonyl (C=O) groups is 4. The van der Waals surface area contributed by atoms with Gasteiger partial charge >= 0.3 is 39.5 Å². The first kappa shape index (κ1) is 100. The minimum atomic E-state index is -4.96. The highest BCUT2D eigenvalue weighted by atomic mass is 31.2. The Labute approximate surface area is 626 Å². The minimum Gasteiger partial charge on any atom is -0.462 e. The number of hydrogen-bond donors (Lipinski definition) is 3. The molecule has 0 bridgehead atoms. The van der Waals surface area contributed by atoms with Crippen molar-refractivity contribution in [3.8, 4) is 0 Å². The van der Waals surface area contributed by atoms with E-state index < -0.39 is 97.5 Å². The third-order valence-electron chi connectivity index (χ3n) is 19.5. The average molecular weight is 1490 g/mol. The monoisotopic (exact) mass is 1490 g/mol. The second-order valence-electron chi connectivity index (χ2n) is 30.3. The number of esters is 4. The topological polar surface area (TPSA) is 237 Å². The maximum absolute atomic E-state index is 13.1. The molecule has 0 aliphatic heterocycles. The van der Waals surface area contributed by atoms with E-state index in [0.717, 1.165) is 95.8 Å². The highest BCUT2D eigenvalue weighted by Crippen LogP contribution is 2.45. The Bertz CT molecular complexity index is 1940. The van der Waals surface area contributed by atoms with Crippen molar-refractivity contribution in [2.45, 2.75) is 464 Å². The van der Waals surface area contributed by atoms with Gasteiger partial charge in [-0.05, 0) is 31.6 Å². The Morgan fingerprint density at radius 3 is 0.667 bits per heavy atom. The van der Waals surface area contributed by atoms with Gasteiger partial charge in [-0.3, -0.25) is 37.3 Å². The molecule has 17 nitrogen and oxygen atoms in total. The van der Waals surface area contributed by atoms with Crippen molar-refractivity contribution in [3.05, 3.63) is 0 Å². The van der Waals surface area contributed by atoms with Crippen LogP contribution in [0.4, 0.5) is 0 Å². The number of aliphatic hydroxyl groups is 1. The number of carbonyl (C=O) groups excluding carboxylic acids is 4. The molecule has 0 radical (unpaired) electrons. The number of rotatable bonds is 83. The van der Waals surface area contributed by atoms with Crippen LogP contribution >= 0.6 is 15.6 Å². The molecule has 0 heterocycles. The van der Waals surface area contributed by atoms with Gasteiger partial charge in [-0.15, -0.1) is 0 Å². The summed E-state index contributed by atoms with van der Waals surface area (Å²) in [7, 11) is -9.92. The number of phosphoric ester groups is 2. The fourth-order valence-corrected chi connectivity index (χ4v) is 14.5. The van der Waals surface area contributed by atoms with E-state index in [9.17, 15) is 43.2 Å². The molecule has 0 saturated carbocycles. The van der Waals surface area contributed by atoms with E-state index >= 15 is 0 Å². The molecule has 0 spiro atoms. The summed E-state index contributed by atoms with van der Waals surface area (Å²) in [5, 5.41) is 10.6. The van der Waals surface area contributed by atoms with E-state index in [-0.39, 0.29) is 25.7 Å². The van der Waals surface area contributed by atoms with E-state index in [1.807, 2.05) is 0 Å². The van der Waals surface area contributed by atoms with Crippen LogP contribution < -0.4 is 0 Å². The first-order chi connectivity index (χ1) is 49.5. The molecular weight excluding hydrogens is 1330 g/mol. The second-order valence-corrected chi connectivity index (χ2v) is 33.3. The Kier molecular flexibility index (Phi) is 74.4. The van der Waals surface area contributed by atoms with Crippen LogP contribution in [-0.2, 0) is 65.4 Å². The molecule has 19 heteroatoms. The predicted octanol–water partition coefficient (Wildman–Crippen LogP) is 25.2. The van der Waals surface area contributed by atoms with Crippen LogP contribution in [0.2, 0.25) is 0 Å². The normalized spacial score (nSPS) is 13.8. The van der Waals surface area contributed by atoms with Gasteiger partial charge in [0.15, 0.2) is 12.2 Å². The zero-order valence-electron chi connectivity index (χ0n) is 66.8. The van der Waals surface area contributed by atoms with Crippen LogP contribution in [-0.4, -0.2) is 96.7 Å². The molecule has 0 saturated heterocycles. The minimum absolute atomic E-state index is 0.106. The molecule has 0 aliphatic carbocycles. The molecule has 5 atom stereocenters. The molecule has 0 aromatic rings. The van der Waals surface area contributed by atoms with Gasteiger partial charge in [0.05, 0.1) is 26.4 Å². The van der Waals surface area contributed by atoms with Crippen molar-refractivity contribution in [2.75, 3.05) is 39.6 Å². The summed E-state index contributed by atoms with van der Waals surface area (Å²) in [6, 6.07) is 0. The van der Waals surface area contributed by atoms with Gasteiger partial charge in [0.2, 0.25) is 0 Å². The van der Waals surface area contributed by atoms with Crippen molar-refractivity contribution < 1.29 is 80.2 Å². The van der Waals surface area contributed by atoms with Gasteiger partial charge in [-0.1, -0.05) is 394 Å². The van der Waals surface area contributed by atoms with Gasteiger partial charge in [0.25, 0.3) is 0 Å². The number of phosphoric acid groups is 2. The van der Waals surface area contributed by atoms with Gasteiger partial charge in [-0.2, -0.15) is 0 Å². The van der Waals surface area contributed by atoms with Crippen LogP contribution in [0.1, 0.15) is 446 Å². The third kappa shape index (κ3) is 76.3. The Morgan fingerprint density at radius 1 is 0.265 bits per heavy atom. The first-order valence-corrected chi connectivity index (χ1v) is 46.1. The summed E-state index contributed by atoms with van der Waals surface area (Å²) >= 11 is 0. The van der Waals surface area contributed by atoms with E-state index in [4.69, 9.17) is 37.0 Å². The van der Waals surface area contributed by atoms with E-state index in [2.05, 4.69) is 34.6 Å². The lowest BCUT2D eigenvalue weighted by Gasteiger charge is -2.21. The van der Waals surface area contributed by atoms with Crippen LogP contribution in [0.5, 0.6) is 0 Å². The van der Waals surface area contributed by atoms with Crippen molar-refractivity contribution in [3.63, 3.8) is 0 Å². The Balaban J connectivity index is 5.20. The molecule has 0 rings (SSSR count). The Hall–Kier alpha value is -1.94. The van der Waals surface area contributed by atoms with E-state index in [1.165, 1.54) is 270 Å². The smallest absolute Gasteiger partial charge is 0.462 e. The summed E-state index contributed by atoms with van der Waals surface area (Å²) in [4.78, 5) is 73.0. The molecule has 2 unspecified atom stereocenters. The van der Waals surface area contributed by atoms with Gasteiger partial charge in [0.1, 0.15) is 19.3 Å². The van der Waals surface area contributed by atoms with E-state index in [0.29, 0.717) is 25.7 Å². The molecule has 0 aliphatic rings. The standard InChI is InChI=1S/C83H162O17P2/c1-6-9-12-15-18-21-24-26-28-30-32-33-34-35-37-39-41-43-48-53-58-63-68-82(87)99-78(73-94-81(86)67-62-57-52-47-42-40-38-36-31-29-27-25-22-19-16-13-10-7-2)74-97-101(89,90)95-70-77(84)71-96-102(91,92)98-75-79(72-93-80(85)66-61-56-51-46-23-20-17-14-11-8-3)100-83(88)69-64-59-54-49-44-45-50-55-60-65-76(4)5/h76-79,84H,6-75H2,1-5H3,(H,89,90)(H,91,92)/t77-,78-,79-/m1/s1. The SMILES string of the molecule is CCCCCCCCCCCCCCCCCCCCCCCCC(=O)O[C@H](COC(=O)CCCCCCCCCCCCCCCCCCCC)COP(=O)(O)OC[C@@H](O)COP(=O)(O)OC[C@@H](COC(=O)CCCCCCCCCCCC)OC(=O)CCCCCCCCCCCC(C)C. The van der Waals surface area contributed by atoms with Crippen LogP contribution in [0.15, 0.2) is 0 Å². The summed E-state index contributed by atoms with van der Waals surface area (Å²) in [5.74, 6) is -1.37. The van der Waals surface area contributed by atoms with Gasteiger partial charge in [0, 0.05) is 25.7 Å². The molecular formula is C83H162O17P2. The Morgan fingerprint density at radius 2 is 0.451 bits per heavy atom. The molecule has 0 aromatic heterocycles. The molecule has 3 N–H and O–H groups in total. The lowest BCUT2D eigenvalue weighted by Crippen LogP contribution is -2.30. The fraction of sp³-hybridized carbons (Fsp3) is 0.952. The zero-order valence-corrected chi connectivity index (χ0v) is 68.5. The maximum atomic E-state index is 13.1. The summed E-state index contributed by atoms with van der Waals surface area (Å²) in [6.07, 6.45) is 68.2. The summed E-state index contributed by atoms with van der Waals surface area (Å²) < 4.78 is 68.7. The number of aliphatic hydroxyl groups excluding tert-OH is 1. The molecule has 606 valence electrons. The van der Waals surface area contributed by atoms with Gasteiger partial charge < -0.3 is 33.8 Å². The second kappa shape index (κ2) is 75.9. The van der Waals surface area contributed by atoms with Crippen molar-refractivity contribution in [2.24, 2.45) is 5.92 Å². The van der Waals surface area contributed by atoms with Crippen LogP contribution in [0.25, 0.3) is 0 Å². The molecule has 0 fully saturated rings. The number of hydrogen-bond acceptors (Lipinski definition) is 15. The molecule has 0 aromatic carbocycles. The zero-order chi connectivity index (χ0) is 74.8. The fourth-order valence-electron chi connectivity index (χ4n) is 12.9. The summed E-state index contributed by atoms with van der Waals surface area (Å²) in [6.45, 7) is 7.30. The predicted molar refractivity (Wildman–Crippen MR) is 418 cm³/mol. The van der Waals surface area contributed by atoms with Gasteiger partial charge in [-0.25, -0.2) is 9.13 Å². The van der Waals surface area contributed by atoms with Crippen molar-refractivity contribution in [1.29, 1.82) is 0 Å². The highest BCUT2D eigenvalue weighted by Gasteiger charge is 2.30. The van der Waals surface area contributed by atoms with Crippen LogP contribution in [0, 0.1) is 5.92 Å². The average Bonchev–Trinajstić information content (AvgIpc) is 0.927. The first-order valence-electron chi connectivity index (χ1n) is 43.1. The lowest BCUT2D eigenvalue weighted by atomic mass is 10.0. The summed E-state index contributed by atoms with van der Waals surface area (Å²) in [5.41, 5.74) is 0. The quantitative estimate of drug-likeness (QED) is 0.0222. The number of unbranched alkanes of at least 4 members (excludes halogenated alkanes) is 55. The highest BCUT2D eigenvalue weighted by molar-refractivity contribution is 7.47. The molecule has 102 heavy (non-hydrogen) atoms. The van der Waals surface area contributed by atoms with Crippen molar-refractivity contribution in [1.82, 2.24) is 0 Å². The van der Waals surface area contributed by atoms with E-state index in [1.54, 1.807) is 0 Å². The van der Waals surface area contributed by atoms with Crippen molar-refractivity contribution >= 4 is 39.5 Å². The number of ether oxygens (including phenoxy) is 4. The van der Waals surface area contributed by atoms with Crippen LogP contribution in [0.3, 0.4) is 0 Å². The largest absolute Gasteiger partial charge is 0.472 e. The third-order valence-corrected chi connectivity index (χ3v) is 21.4. The lowest BCUT2D eigenvalue weighted by molar-refractivity contribution is -0.161. The molecule has 0 amide bonds.